The Balaban J connectivity index is -0.0000000865. The summed E-state index contributed by atoms with van der Waals surface area (Å²) in [4.78, 5) is 28.5. The molecule has 0 unspecified atom stereocenters. The Morgan fingerprint density at radius 3 is 0.684 bits per heavy atom. The molecule has 0 rings (SSSR count). The quantitative estimate of drug-likeness (QED) is 0.498. The van der Waals surface area contributed by atoms with Crippen LogP contribution in [0.5, 0.6) is 0 Å². The van der Waals surface area contributed by atoms with Crippen LogP contribution in [0.3, 0.4) is 0 Å². The Labute approximate surface area is 144 Å². The summed E-state index contributed by atoms with van der Waals surface area (Å²) in [6.07, 6.45) is 0. The number of hydrogen-bond donors (Lipinski definition) is 0. The van der Waals surface area contributed by atoms with Crippen molar-refractivity contribution in [2.45, 2.75) is 20.8 Å². The molecule has 0 saturated heterocycles. The zero-order valence-corrected chi connectivity index (χ0v) is 13.6. The number of carboxylic acids is 3. The predicted molar refractivity (Wildman–Crippen MR) is 59.5 cm³/mol. The van der Waals surface area contributed by atoms with Crippen LogP contribution >= 0.6 is 0 Å². The summed E-state index contributed by atoms with van der Waals surface area (Å²) in [5.41, 5.74) is 0.194. The van der Waals surface area contributed by atoms with Gasteiger partial charge in [0.1, 0.15) is 0 Å². The van der Waals surface area contributed by atoms with Gasteiger partial charge in [-0.05, 0) is 37.5 Å². The predicted octanol–water partition coefficient (Wildman–Crippen LogP) is -2.06. The largest absolute Gasteiger partial charge is 3.00 e. The molecule has 7 heteroatoms. The van der Waals surface area contributed by atoms with E-state index in [1.807, 2.05) is 0 Å². The van der Waals surface area contributed by atoms with E-state index in [1.165, 1.54) is 20.8 Å². The van der Waals surface area contributed by atoms with Crippen molar-refractivity contribution in [3.63, 3.8) is 0 Å². The van der Waals surface area contributed by atoms with Crippen molar-refractivity contribution in [2.24, 2.45) is 0 Å². The fourth-order valence-corrected chi connectivity index (χ4v) is 0. The zero-order valence-electron chi connectivity index (χ0n) is 11.0. The van der Waals surface area contributed by atoms with Crippen molar-refractivity contribution in [1.29, 1.82) is 0 Å². The van der Waals surface area contributed by atoms with Crippen LogP contribution in [-0.4, -0.2) is 17.9 Å². The average molecular weight is 406 g/mol. The Kier molecular flexibility index (Phi) is 21.0. The van der Waals surface area contributed by atoms with Gasteiger partial charge in [-0.2, -0.15) is 0 Å². The van der Waals surface area contributed by atoms with Crippen LogP contribution in [0.1, 0.15) is 20.8 Å². The first-order valence-corrected chi connectivity index (χ1v) is 4.54. The van der Waals surface area contributed by atoms with E-state index in [2.05, 4.69) is 19.7 Å². The molecule has 0 bridgehead atoms. The zero-order chi connectivity index (χ0) is 15.5. The molecule has 6 nitrogen and oxygen atoms in total. The Hall–Kier alpha value is -1.03. The first-order valence-electron chi connectivity index (χ1n) is 4.54. The number of carbonyl (C=O) groups is 3. The molecule has 0 aliphatic heterocycles. The van der Waals surface area contributed by atoms with Gasteiger partial charge in [0.15, 0.2) is 0 Å². The van der Waals surface area contributed by atoms with Crippen LogP contribution in [0.15, 0.2) is 36.5 Å². The van der Waals surface area contributed by atoms with Crippen LogP contribution in [0.2, 0.25) is 0 Å². The van der Waals surface area contributed by atoms with Gasteiger partial charge in [-0.25, -0.2) is 0 Å². The van der Waals surface area contributed by atoms with Crippen LogP contribution in [0, 0.1) is 40.4 Å². The minimum atomic E-state index is -1.19. The van der Waals surface area contributed by atoms with Crippen molar-refractivity contribution in [3.05, 3.63) is 36.5 Å². The minimum Gasteiger partial charge on any atom is -0.545 e. The molecule has 0 aliphatic rings. The number of hydrogen-bond acceptors (Lipinski definition) is 6. The van der Waals surface area contributed by atoms with Crippen molar-refractivity contribution in [3.8, 4) is 0 Å². The van der Waals surface area contributed by atoms with E-state index in [-0.39, 0.29) is 57.1 Å². The fraction of sp³-hybridized carbons (Fsp3) is 0.250. The Morgan fingerprint density at radius 1 is 0.632 bits per heavy atom. The van der Waals surface area contributed by atoms with Gasteiger partial charge in [-0.3, -0.25) is 0 Å². The van der Waals surface area contributed by atoms with E-state index in [1.54, 1.807) is 0 Å². The third-order valence-electron chi connectivity index (χ3n) is 1.05. The monoisotopic (exact) mass is 407 g/mol. The minimum absolute atomic E-state index is 0. The Bertz CT molecular complexity index is 277. The van der Waals surface area contributed by atoms with E-state index in [4.69, 9.17) is 0 Å². The molecular formula is C12H15O6Sm. The van der Waals surface area contributed by atoms with Crippen molar-refractivity contribution < 1.29 is 70.1 Å². The van der Waals surface area contributed by atoms with Crippen LogP contribution in [0.4, 0.5) is 0 Å². The number of carboxylic acid groups (broad SMARTS) is 3. The SMILES string of the molecule is C=C(C)C(=O)[O-].C=C(C)C(=O)[O-].C=C(C)C(=O)[O-].[Sm+3]. The van der Waals surface area contributed by atoms with E-state index >= 15 is 0 Å². The molecule has 0 N–H and O–H groups in total. The second-order valence-corrected chi connectivity index (χ2v) is 3.20. The van der Waals surface area contributed by atoms with Crippen molar-refractivity contribution >= 4 is 17.9 Å². The molecule has 0 spiro atoms. The molecule has 0 aliphatic carbocycles. The summed E-state index contributed by atoms with van der Waals surface area (Å²) >= 11 is 0. The molecule has 105 valence electrons. The maximum absolute atomic E-state index is 9.49. The molecule has 0 amide bonds. The van der Waals surface area contributed by atoms with Gasteiger partial charge in [-0.1, -0.05) is 19.7 Å². The summed E-state index contributed by atoms with van der Waals surface area (Å²) in [6, 6.07) is 0. The van der Waals surface area contributed by atoms with Crippen molar-refractivity contribution in [2.75, 3.05) is 0 Å². The molecule has 0 heterocycles. The maximum atomic E-state index is 9.49. The van der Waals surface area contributed by atoms with E-state index in [0.29, 0.717) is 0 Å². The second-order valence-electron chi connectivity index (χ2n) is 3.20. The van der Waals surface area contributed by atoms with E-state index < -0.39 is 17.9 Å². The van der Waals surface area contributed by atoms with Gasteiger partial charge in [0, 0.05) is 0 Å². The summed E-state index contributed by atoms with van der Waals surface area (Å²) in [5.74, 6) is -3.56. The van der Waals surface area contributed by atoms with Gasteiger partial charge in [0.2, 0.25) is 0 Å². The molecule has 19 heavy (non-hydrogen) atoms. The molecule has 0 fully saturated rings. The first kappa shape index (κ1) is 26.5. The van der Waals surface area contributed by atoms with Gasteiger partial charge >= 0.3 is 40.4 Å². The third-order valence-corrected chi connectivity index (χ3v) is 1.05. The maximum Gasteiger partial charge on any atom is 3.00 e. The smallest absolute Gasteiger partial charge is 0.545 e. The molecule has 0 aromatic carbocycles. The first-order chi connectivity index (χ1) is 7.93. The molecule has 0 atom stereocenters. The van der Waals surface area contributed by atoms with E-state index in [0.717, 1.165) is 0 Å². The molecule has 0 aromatic heterocycles. The normalized spacial score (nSPS) is 7.11. The number of carbonyl (C=O) groups excluding carboxylic acids is 3. The summed E-state index contributed by atoms with van der Waals surface area (Å²) in [6.45, 7) is 13.4. The second kappa shape index (κ2) is 15.0. The van der Waals surface area contributed by atoms with Crippen molar-refractivity contribution in [1.82, 2.24) is 0 Å². The molecular weight excluding hydrogens is 390 g/mol. The average Bonchev–Trinajstić information content (AvgIpc) is 2.18. The standard InChI is InChI=1S/3C4H6O2.Sm/c3*1-3(2)4(5)6;/h3*1H2,2H3,(H,5,6);/q;;;+3/p-3. The van der Waals surface area contributed by atoms with Crippen LogP contribution in [0.25, 0.3) is 0 Å². The van der Waals surface area contributed by atoms with Gasteiger partial charge in [0.05, 0.1) is 17.9 Å². The summed E-state index contributed by atoms with van der Waals surface area (Å²) < 4.78 is 0. The van der Waals surface area contributed by atoms with Crippen LogP contribution < -0.4 is 15.3 Å². The van der Waals surface area contributed by atoms with Gasteiger partial charge < -0.3 is 29.7 Å². The summed E-state index contributed by atoms with van der Waals surface area (Å²) in [5, 5.41) is 28.5. The van der Waals surface area contributed by atoms with Crippen LogP contribution in [-0.2, 0) is 14.4 Å². The van der Waals surface area contributed by atoms with Gasteiger partial charge in [0.25, 0.3) is 0 Å². The number of aliphatic carboxylic acids is 3. The molecule has 0 aromatic rings. The van der Waals surface area contributed by atoms with Gasteiger partial charge in [-0.15, -0.1) is 0 Å². The number of rotatable bonds is 3. The molecule has 0 saturated carbocycles. The topological polar surface area (TPSA) is 120 Å². The van der Waals surface area contributed by atoms with E-state index in [9.17, 15) is 29.7 Å². The summed E-state index contributed by atoms with van der Waals surface area (Å²) in [7, 11) is 0. The Morgan fingerprint density at radius 2 is 0.684 bits per heavy atom. The third kappa shape index (κ3) is 31.6. The molecule has 1 radical (unpaired) electrons. The fourth-order valence-electron chi connectivity index (χ4n) is 0.